The maximum absolute atomic E-state index is 10.3. The van der Waals surface area contributed by atoms with Crippen molar-refractivity contribution in [2.75, 3.05) is 6.61 Å². The molecule has 0 aromatic heterocycles. The molecule has 0 saturated carbocycles. The molecule has 0 spiro atoms. The highest BCUT2D eigenvalue weighted by atomic mass is 16.8. The summed E-state index contributed by atoms with van der Waals surface area (Å²) in [4.78, 5) is 0. The van der Waals surface area contributed by atoms with Crippen molar-refractivity contribution in [2.45, 2.75) is 24.9 Å². The Morgan fingerprint density at radius 1 is 1.00 bits per heavy atom. The number of hydrogen-bond acceptors (Lipinski definition) is 4. The van der Waals surface area contributed by atoms with Gasteiger partial charge in [-0.1, -0.05) is 36.4 Å². The van der Waals surface area contributed by atoms with Crippen LogP contribution in [0.3, 0.4) is 0 Å². The van der Waals surface area contributed by atoms with Gasteiger partial charge in [-0.2, -0.15) is 0 Å². The highest BCUT2D eigenvalue weighted by molar-refractivity contribution is 5.22. The number of ether oxygens (including phenoxy) is 3. The molecule has 110 valence electrons. The third kappa shape index (κ3) is 3.74. The van der Waals surface area contributed by atoms with Crippen LogP contribution < -0.4 is 9.47 Å². The minimum atomic E-state index is -1.56. The fourth-order valence-electron chi connectivity index (χ4n) is 2.29. The van der Waals surface area contributed by atoms with E-state index in [2.05, 4.69) is 0 Å². The molecule has 0 amide bonds. The Bertz CT molecular complexity index is 558. The minimum absolute atomic E-state index is 0.182. The van der Waals surface area contributed by atoms with Crippen LogP contribution in [0.4, 0.5) is 0 Å². The Kier molecular flexibility index (Phi) is 4.08. The molecule has 1 aliphatic heterocycles. The van der Waals surface area contributed by atoms with Crippen molar-refractivity contribution >= 4 is 0 Å². The summed E-state index contributed by atoms with van der Waals surface area (Å²) in [5.41, 5.74) is 0. The van der Waals surface area contributed by atoms with Gasteiger partial charge in [-0.3, -0.25) is 0 Å². The van der Waals surface area contributed by atoms with Gasteiger partial charge in [0.1, 0.15) is 18.1 Å². The summed E-state index contributed by atoms with van der Waals surface area (Å²) in [6.45, 7) is 0.393. The molecule has 2 aromatic carbocycles. The molecule has 1 saturated heterocycles. The van der Waals surface area contributed by atoms with E-state index in [1.807, 2.05) is 48.5 Å². The minimum Gasteiger partial charge on any atom is -0.491 e. The lowest BCUT2D eigenvalue weighted by atomic mass is 10.2. The van der Waals surface area contributed by atoms with Crippen molar-refractivity contribution in [3.63, 3.8) is 0 Å². The first kappa shape index (κ1) is 13.9. The van der Waals surface area contributed by atoms with Crippen molar-refractivity contribution in [3.8, 4) is 11.5 Å². The Morgan fingerprint density at radius 2 is 1.62 bits per heavy atom. The van der Waals surface area contributed by atoms with Crippen LogP contribution in [0.1, 0.15) is 12.8 Å². The second-order valence-electron chi connectivity index (χ2n) is 5.03. The van der Waals surface area contributed by atoms with Gasteiger partial charge >= 0.3 is 5.97 Å². The Balaban J connectivity index is 1.52. The van der Waals surface area contributed by atoms with E-state index >= 15 is 0 Å². The zero-order chi connectivity index (χ0) is 14.5. The quantitative estimate of drug-likeness (QED) is 0.858. The lowest BCUT2D eigenvalue weighted by Crippen LogP contribution is -2.36. The Morgan fingerprint density at radius 3 is 2.29 bits per heavy atom. The molecular formula is C17H18O4. The first-order valence-corrected chi connectivity index (χ1v) is 7.06. The molecule has 0 bridgehead atoms. The van der Waals surface area contributed by atoms with Crippen LogP contribution in [-0.2, 0) is 4.74 Å². The van der Waals surface area contributed by atoms with Gasteiger partial charge in [0.25, 0.3) is 0 Å². The lowest BCUT2D eigenvalue weighted by molar-refractivity contribution is -0.309. The fourth-order valence-corrected chi connectivity index (χ4v) is 2.29. The molecule has 2 aromatic rings. The average molecular weight is 286 g/mol. The third-order valence-electron chi connectivity index (χ3n) is 3.33. The maximum atomic E-state index is 10.3. The molecule has 3 rings (SSSR count). The van der Waals surface area contributed by atoms with Crippen LogP contribution in [0.15, 0.2) is 60.7 Å². The summed E-state index contributed by atoms with van der Waals surface area (Å²) in [6.07, 6.45) is 0.930. The third-order valence-corrected chi connectivity index (χ3v) is 3.33. The predicted molar refractivity (Wildman–Crippen MR) is 78.1 cm³/mol. The number of benzene rings is 2. The maximum Gasteiger partial charge on any atom is 0.324 e. The molecule has 4 heteroatoms. The van der Waals surface area contributed by atoms with Gasteiger partial charge in [-0.05, 0) is 30.7 Å². The van der Waals surface area contributed by atoms with Crippen molar-refractivity contribution in [1.82, 2.24) is 0 Å². The Labute approximate surface area is 123 Å². The van der Waals surface area contributed by atoms with Gasteiger partial charge in [0.05, 0.1) is 6.10 Å². The molecule has 0 aliphatic carbocycles. The molecule has 21 heavy (non-hydrogen) atoms. The van der Waals surface area contributed by atoms with Gasteiger partial charge in [0, 0.05) is 6.42 Å². The van der Waals surface area contributed by atoms with E-state index in [4.69, 9.17) is 14.2 Å². The fraction of sp³-hybridized carbons (Fsp3) is 0.294. The topological polar surface area (TPSA) is 47.9 Å². The largest absolute Gasteiger partial charge is 0.491 e. The Hall–Kier alpha value is -2.04. The highest BCUT2D eigenvalue weighted by Crippen LogP contribution is 2.31. The van der Waals surface area contributed by atoms with Gasteiger partial charge in [0.15, 0.2) is 0 Å². The van der Waals surface area contributed by atoms with Crippen LogP contribution in [0.25, 0.3) is 0 Å². The molecular weight excluding hydrogens is 268 g/mol. The number of para-hydroxylation sites is 2. The smallest absolute Gasteiger partial charge is 0.324 e. The van der Waals surface area contributed by atoms with E-state index < -0.39 is 5.97 Å². The van der Waals surface area contributed by atoms with E-state index in [0.717, 1.165) is 5.75 Å². The van der Waals surface area contributed by atoms with Crippen molar-refractivity contribution in [1.29, 1.82) is 0 Å². The van der Waals surface area contributed by atoms with Crippen molar-refractivity contribution in [3.05, 3.63) is 60.7 Å². The average Bonchev–Trinajstić information content (AvgIpc) is 2.88. The first-order valence-electron chi connectivity index (χ1n) is 7.06. The summed E-state index contributed by atoms with van der Waals surface area (Å²) in [5, 5.41) is 10.3. The molecule has 1 heterocycles. The first-order chi connectivity index (χ1) is 10.2. The van der Waals surface area contributed by atoms with E-state index in [9.17, 15) is 5.11 Å². The molecule has 4 nitrogen and oxygen atoms in total. The summed E-state index contributed by atoms with van der Waals surface area (Å²) >= 11 is 0. The van der Waals surface area contributed by atoms with Crippen LogP contribution in [0.5, 0.6) is 11.5 Å². The van der Waals surface area contributed by atoms with E-state index in [-0.39, 0.29) is 6.10 Å². The lowest BCUT2D eigenvalue weighted by Gasteiger charge is -2.24. The zero-order valence-electron chi connectivity index (χ0n) is 11.6. The second-order valence-corrected chi connectivity index (χ2v) is 5.03. The van der Waals surface area contributed by atoms with Crippen LogP contribution in [-0.4, -0.2) is 23.8 Å². The van der Waals surface area contributed by atoms with Crippen LogP contribution in [0.2, 0.25) is 0 Å². The van der Waals surface area contributed by atoms with Crippen molar-refractivity contribution in [2.24, 2.45) is 0 Å². The molecule has 1 aliphatic rings. The van der Waals surface area contributed by atoms with Crippen LogP contribution in [0, 0.1) is 0 Å². The molecule has 0 radical (unpaired) electrons. The number of hydrogen-bond donors (Lipinski definition) is 1. The van der Waals surface area contributed by atoms with E-state index in [1.54, 1.807) is 12.1 Å². The molecule has 1 fully saturated rings. The molecule has 2 atom stereocenters. The van der Waals surface area contributed by atoms with E-state index in [1.165, 1.54) is 0 Å². The SMILES string of the molecule is OC1(Oc2ccccc2)CCC(COc2ccccc2)O1. The zero-order valence-corrected chi connectivity index (χ0v) is 11.6. The van der Waals surface area contributed by atoms with Gasteiger partial charge < -0.3 is 19.3 Å². The van der Waals surface area contributed by atoms with Crippen LogP contribution >= 0.6 is 0 Å². The standard InChI is InChI=1S/C17H18O4/c18-17(20-15-9-5-2-6-10-15)12-11-16(21-17)13-19-14-7-3-1-4-8-14/h1-10,16,18H,11-13H2. The summed E-state index contributed by atoms with van der Waals surface area (Å²) in [5.74, 6) is -0.184. The van der Waals surface area contributed by atoms with Crippen molar-refractivity contribution < 1.29 is 19.3 Å². The van der Waals surface area contributed by atoms with Gasteiger partial charge in [0.2, 0.25) is 0 Å². The second kappa shape index (κ2) is 6.16. The van der Waals surface area contributed by atoms with E-state index in [0.29, 0.717) is 25.2 Å². The van der Waals surface area contributed by atoms with Gasteiger partial charge in [-0.15, -0.1) is 0 Å². The monoisotopic (exact) mass is 286 g/mol. The van der Waals surface area contributed by atoms with Gasteiger partial charge in [-0.25, -0.2) is 0 Å². The summed E-state index contributed by atoms with van der Waals surface area (Å²) in [7, 11) is 0. The predicted octanol–water partition coefficient (Wildman–Crippen LogP) is 2.97. The highest BCUT2D eigenvalue weighted by Gasteiger charge is 2.41. The molecule has 1 N–H and O–H groups in total. The normalized spacial score (nSPS) is 24.7. The number of rotatable bonds is 5. The summed E-state index contributed by atoms with van der Waals surface area (Å²) in [6, 6.07) is 18.7. The number of aliphatic hydroxyl groups is 1. The molecule has 2 unspecified atom stereocenters. The summed E-state index contributed by atoms with van der Waals surface area (Å²) < 4.78 is 16.7.